The Morgan fingerprint density at radius 1 is 1.17 bits per heavy atom. The van der Waals surface area contributed by atoms with Gasteiger partial charge >= 0.3 is 0 Å². The minimum absolute atomic E-state index is 0.0691. The first kappa shape index (κ1) is 13.4. The van der Waals surface area contributed by atoms with E-state index in [9.17, 15) is 9.59 Å². The van der Waals surface area contributed by atoms with E-state index in [4.69, 9.17) is 0 Å². The molecule has 0 radical (unpaired) electrons. The van der Waals surface area contributed by atoms with Gasteiger partial charge in [-0.05, 0) is 38.5 Å². The molecule has 0 spiro atoms. The van der Waals surface area contributed by atoms with Gasteiger partial charge in [0.15, 0.2) is 0 Å². The third-order valence-corrected chi connectivity index (χ3v) is 4.31. The van der Waals surface area contributed by atoms with E-state index in [0.29, 0.717) is 6.04 Å². The van der Waals surface area contributed by atoms with Gasteiger partial charge in [0.1, 0.15) is 0 Å². The van der Waals surface area contributed by atoms with Crippen molar-refractivity contribution in [1.82, 2.24) is 10.2 Å². The lowest BCUT2D eigenvalue weighted by atomic mass is 9.85. The standard InChI is InChI=1S/C14H24N2O2/c1-2-12-8-3-4-9-16(12)13(17)10-15-14(18)11-6-5-7-11/h11-12H,2-10H2,1H3,(H,15,18). The fourth-order valence-electron chi connectivity index (χ4n) is 2.83. The minimum Gasteiger partial charge on any atom is -0.347 e. The summed E-state index contributed by atoms with van der Waals surface area (Å²) in [7, 11) is 0. The number of likely N-dealkylation sites (tertiary alicyclic amines) is 1. The molecular weight excluding hydrogens is 228 g/mol. The Morgan fingerprint density at radius 2 is 1.94 bits per heavy atom. The highest BCUT2D eigenvalue weighted by molar-refractivity contribution is 5.86. The Balaban J connectivity index is 1.77. The molecule has 4 heteroatoms. The third-order valence-electron chi connectivity index (χ3n) is 4.31. The highest BCUT2D eigenvalue weighted by Gasteiger charge is 2.28. The van der Waals surface area contributed by atoms with Crippen LogP contribution in [0.5, 0.6) is 0 Å². The molecule has 1 saturated carbocycles. The van der Waals surface area contributed by atoms with Gasteiger partial charge < -0.3 is 10.2 Å². The van der Waals surface area contributed by atoms with Gasteiger partial charge in [0.25, 0.3) is 0 Å². The maximum absolute atomic E-state index is 12.1. The number of amides is 2. The fraction of sp³-hybridized carbons (Fsp3) is 0.857. The third kappa shape index (κ3) is 3.03. The topological polar surface area (TPSA) is 49.4 Å². The van der Waals surface area contributed by atoms with Crippen molar-refractivity contribution in [3.8, 4) is 0 Å². The van der Waals surface area contributed by atoms with E-state index in [0.717, 1.165) is 45.1 Å². The van der Waals surface area contributed by atoms with E-state index in [1.54, 1.807) is 0 Å². The maximum Gasteiger partial charge on any atom is 0.242 e. The van der Waals surface area contributed by atoms with Gasteiger partial charge in [-0.25, -0.2) is 0 Å². The molecule has 2 aliphatic rings. The highest BCUT2D eigenvalue weighted by Crippen LogP contribution is 2.26. The van der Waals surface area contributed by atoms with Crippen molar-refractivity contribution in [3.05, 3.63) is 0 Å². The first-order chi connectivity index (χ1) is 8.72. The Labute approximate surface area is 109 Å². The predicted molar refractivity (Wildman–Crippen MR) is 70.0 cm³/mol. The van der Waals surface area contributed by atoms with Gasteiger partial charge in [-0.3, -0.25) is 9.59 Å². The summed E-state index contributed by atoms with van der Waals surface area (Å²) in [5.41, 5.74) is 0. The number of carbonyl (C=O) groups is 2. The first-order valence-electron chi connectivity index (χ1n) is 7.29. The second kappa shape index (κ2) is 6.21. The molecule has 1 heterocycles. The molecule has 0 aromatic heterocycles. The number of piperidine rings is 1. The van der Waals surface area contributed by atoms with Crippen molar-refractivity contribution in [3.63, 3.8) is 0 Å². The summed E-state index contributed by atoms with van der Waals surface area (Å²) in [5, 5.41) is 2.80. The number of hydrogen-bond acceptors (Lipinski definition) is 2. The summed E-state index contributed by atoms with van der Waals surface area (Å²) < 4.78 is 0. The molecule has 1 aliphatic carbocycles. The van der Waals surface area contributed by atoms with Crippen LogP contribution in [0.4, 0.5) is 0 Å². The van der Waals surface area contributed by atoms with Crippen LogP contribution in [0.1, 0.15) is 51.9 Å². The molecule has 1 unspecified atom stereocenters. The average Bonchev–Trinajstić information content (AvgIpc) is 2.33. The second-order valence-electron chi connectivity index (χ2n) is 5.49. The van der Waals surface area contributed by atoms with Gasteiger partial charge in [0, 0.05) is 18.5 Å². The number of nitrogens with zero attached hydrogens (tertiary/aromatic N) is 1. The van der Waals surface area contributed by atoms with E-state index >= 15 is 0 Å². The number of carbonyl (C=O) groups excluding carboxylic acids is 2. The molecule has 1 saturated heterocycles. The van der Waals surface area contributed by atoms with Crippen LogP contribution >= 0.6 is 0 Å². The van der Waals surface area contributed by atoms with Crippen LogP contribution in [-0.4, -0.2) is 35.8 Å². The average molecular weight is 252 g/mol. The van der Waals surface area contributed by atoms with Crippen LogP contribution in [0.15, 0.2) is 0 Å². The van der Waals surface area contributed by atoms with Crippen LogP contribution in [0, 0.1) is 5.92 Å². The molecule has 2 rings (SSSR count). The van der Waals surface area contributed by atoms with Crippen molar-refractivity contribution >= 4 is 11.8 Å². The lowest BCUT2D eigenvalue weighted by Gasteiger charge is -2.35. The van der Waals surface area contributed by atoms with Gasteiger partial charge in [-0.1, -0.05) is 13.3 Å². The SMILES string of the molecule is CCC1CCCCN1C(=O)CNC(=O)C1CCC1. The Morgan fingerprint density at radius 3 is 2.56 bits per heavy atom. The zero-order valence-electron chi connectivity index (χ0n) is 11.3. The number of nitrogens with one attached hydrogen (secondary N) is 1. The van der Waals surface area contributed by atoms with Crippen molar-refractivity contribution in [2.45, 2.75) is 57.9 Å². The largest absolute Gasteiger partial charge is 0.347 e. The zero-order valence-corrected chi connectivity index (χ0v) is 11.3. The summed E-state index contributed by atoms with van der Waals surface area (Å²) in [5.74, 6) is 0.329. The summed E-state index contributed by atoms with van der Waals surface area (Å²) in [6.45, 7) is 3.17. The van der Waals surface area contributed by atoms with Gasteiger partial charge in [0.2, 0.25) is 11.8 Å². The monoisotopic (exact) mass is 252 g/mol. The first-order valence-corrected chi connectivity index (χ1v) is 7.29. The van der Waals surface area contributed by atoms with E-state index < -0.39 is 0 Å². The fourth-order valence-corrected chi connectivity index (χ4v) is 2.83. The van der Waals surface area contributed by atoms with Crippen LogP contribution in [0.3, 0.4) is 0 Å². The Bertz CT molecular complexity index is 313. The Hall–Kier alpha value is -1.06. The van der Waals surface area contributed by atoms with Crippen LogP contribution < -0.4 is 5.32 Å². The van der Waals surface area contributed by atoms with E-state index in [-0.39, 0.29) is 24.3 Å². The molecule has 18 heavy (non-hydrogen) atoms. The molecule has 0 aromatic carbocycles. The molecule has 2 amide bonds. The zero-order chi connectivity index (χ0) is 13.0. The molecule has 1 aliphatic heterocycles. The summed E-state index contributed by atoms with van der Waals surface area (Å²) in [6.07, 6.45) is 7.56. The highest BCUT2D eigenvalue weighted by atomic mass is 16.2. The summed E-state index contributed by atoms with van der Waals surface area (Å²) in [4.78, 5) is 25.8. The summed E-state index contributed by atoms with van der Waals surface area (Å²) >= 11 is 0. The number of hydrogen-bond donors (Lipinski definition) is 1. The van der Waals surface area contributed by atoms with Crippen LogP contribution in [0.2, 0.25) is 0 Å². The normalized spacial score (nSPS) is 24.5. The predicted octanol–water partition coefficient (Wildman–Crippen LogP) is 1.69. The molecule has 0 bridgehead atoms. The smallest absolute Gasteiger partial charge is 0.242 e. The second-order valence-corrected chi connectivity index (χ2v) is 5.49. The van der Waals surface area contributed by atoms with E-state index in [1.807, 2.05) is 4.90 Å². The van der Waals surface area contributed by atoms with Gasteiger partial charge in [-0.15, -0.1) is 0 Å². The lowest BCUT2D eigenvalue weighted by molar-refractivity contribution is -0.137. The molecule has 0 aromatic rings. The van der Waals surface area contributed by atoms with Gasteiger partial charge in [-0.2, -0.15) is 0 Å². The molecule has 1 atom stereocenters. The molecule has 1 N–H and O–H groups in total. The van der Waals surface area contributed by atoms with Crippen LogP contribution in [-0.2, 0) is 9.59 Å². The molecule has 102 valence electrons. The van der Waals surface area contributed by atoms with Crippen molar-refractivity contribution in [2.75, 3.05) is 13.1 Å². The molecule has 4 nitrogen and oxygen atoms in total. The minimum atomic E-state index is 0.0691. The number of rotatable bonds is 4. The molecule has 2 fully saturated rings. The van der Waals surface area contributed by atoms with E-state index in [2.05, 4.69) is 12.2 Å². The van der Waals surface area contributed by atoms with Crippen LogP contribution in [0.25, 0.3) is 0 Å². The summed E-state index contributed by atoms with van der Waals surface area (Å²) in [6, 6.07) is 0.381. The maximum atomic E-state index is 12.1. The van der Waals surface area contributed by atoms with E-state index in [1.165, 1.54) is 6.42 Å². The Kier molecular flexibility index (Phi) is 4.61. The van der Waals surface area contributed by atoms with Crippen molar-refractivity contribution in [1.29, 1.82) is 0 Å². The lowest BCUT2D eigenvalue weighted by Crippen LogP contribution is -2.48. The van der Waals surface area contributed by atoms with Gasteiger partial charge in [0.05, 0.1) is 6.54 Å². The van der Waals surface area contributed by atoms with Crippen molar-refractivity contribution < 1.29 is 9.59 Å². The molecular formula is C14H24N2O2. The quantitative estimate of drug-likeness (QED) is 0.828. The van der Waals surface area contributed by atoms with Crippen molar-refractivity contribution in [2.24, 2.45) is 5.92 Å².